The monoisotopic (exact) mass is 533 g/mol. The van der Waals surface area contributed by atoms with E-state index in [0.717, 1.165) is 25.7 Å². The van der Waals surface area contributed by atoms with Crippen molar-refractivity contribution in [2.24, 2.45) is 5.92 Å². The van der Waals surface area contributed by atoms with Crippen LogP contribution in [0, 0.1) is 12.8 Å². The first-order chi connectivity index (χ1) is 17.5. The number of aromatic amines is 1. The quantitative estimate of drug-likeness (QED) is 0.481. The third-order valence-corrected chi connectivity index (χ3v) is 8.80. The fourth-order valence-corrected chi connectivity index (χ4v) is 6.26. The Balaban J connectivity index is 2.10. The smallest absolute Gasteiger partial charge is 0.330 e. The molecule has 204 valence electrons. The van der Waals surface area contributed by atoms with Gasteiger partial charge in [-0.3, -0.25) is 19.1 Å². The minimum absolute atomic E-state index is 0.0763. The SMILES string of the molecule is CCCCn1c(N)c(N(CCC(C)C)C(=O)c2ccc(C)c(S(=O)(=O)N3CCCCC3)c2)c(=O)[nH]c1=O. The Kier molecular flexibility index (Phi) is 9.36. The molecule has 1 saturated heterocycles. The minimum Gasteiger partial charge on any atom is -0.383 e. The van der Waals surface area contributed by atoms with Gasteiger partial charge in [0, 0.05) is 31.7 Å². The van der Waals surface area contributed by atoms with E-state index in [1.807, 2.05) is 20.8 Å². The number of carbonyl (C=O) groups is 1. The Hall–Kier alpha value is -2.92. The van der Waals surface area contributed by atoms with Gasteiger partial charge in [-0.05, 0) is 56.2 Å². The number of nitrogen functional groups attached to an aromatic ring is 1. The van der Waals surface area contributed by atoms with Gasteiger partial charge in [0.25, 0.3) is 11.5 Å². The fourth-order valence-electron chi connectivity index (χ4n) is 4.49. The first-order valence-corrected chi connectivity index (χ1v) is 14.5. The summed E-state index contributed by atoms with van der Waals surface area (Å²) in [5.74, 6) is -0.407. The number of hydrogen-bond acceptors (Lipinski definition) is 6. The number of rotatable bonds is 10. The molecule has 3 N–H and O–H groups in total. The van der Waals surface area contributed by atoms with Crippen molar-refractivity contribution in [1.82, 2.24) is 13.9 Å². The number of nitrogens with one attached hydrogen (secondary N) is 1. The van der Waals surface area contributed by atoms with Gasteiger partial charge in [-0.25, -0.2) is 13.2 Å². The molecule has 1 fully saturated rings. The van der Waals surface area contributed by atoms with Crippen LogP contribution in [0.3, 0.4) is 0 Å². The Labute approximate surface area is 218 Å². The molecule has 1 aliphatic rings. The first kappa shape index (κ1) is 28.6. The highest BCUT2D eigenvalue weighted by molar-refractivity contribution is 7.89. The lowest BCUT2D eigenvalue weighted by Gasteiger charge is -2.27. The van der Waals surface area contributed by atoms with Crippen LogP contribution in [-0.2, 0) is 16.6 Å². The second kappa shape index (κ2) is 12.1. The van der Waals surface area contributed by atoms with Crippen molar-refractivity contribution in [1.29, 1.82) is 0 Å². The van der Waals surface area contributed by atoms with Crippen LogP contribution < -0.4 is 21.9 Å². The highest BCUT2D eigenvalue weighted by Gasteiger charge is 2.30. The summed E-state index contributed by atoms with van der Waals surface area (Å²) in [6, 6.07) is 4.56. The van der Waals surface area contributed by atoms with Gasteiger partial charge in [0.1, 0.15) is 5.82 Å². The summed E-state index contributed by atoms with van der Waals surface area (Å²) in [6.07, 6.45) is 4.65. The van der Waals surface area contributed by atoms with Gasteiger partial charge in [0.2, 0.25) is 10.0 Å². The third kappa shape index (κ3) is 6.32. The van der Waals surface area contributed by atoms with E-state index >= 15 is 0 Å². The molecule has 1 aliphatic heterocycles. The van der Waals surface area contributed by atoms with E-state index in [-0.39, 0.29) is 34.4 Å². The highest BCUT2D eigenvalue weighted by atomic mass is 32.2. The van der Waals surface area contributed by atoms with Gasteiger partial charge < -0.3 is 10.6 Å². The molecule has 0 radical (unpaired) electrons. The normalized spacial score (nSPS) is 14.7. The number of benzene rings is 1. The average molecular weight is 534 g/mol. The number of nitrogens with zero attached hydrogens (tertiary/aromatic N) is 3. The van der Waals surface area contributed by atoms with Gasteiger partial charge in [-0.15, -0.1) is 0 Å². The molecule has 0 saturated carbocycles. The molecule has 0 spiro atoms. The number of carbonyl (C=O) groups excluding carboxylic acids is 1. The number of piperidine rings is 1. The van der Waals surface area contributed by atoms with E-state index in [9.17, 15) is 22.8 Å². The van der Waals surface area contributed by atoms with E-state index in [4.69, 9.17) is 5.73 Å². The predicted molar refractivity (Wildman–Crippen MR) is 146 cm³/mol. The topological polar surface area (TPSA) is 139 Å². The van der Waals surface area contributed by atoms with Gasteiger partial charge >= 0.3 is 5.69 Å². The summed E-state index contributed by atoms with van der Waals surface area (Å²) in [7, 11) is -3.78. The summed E-state index contributed by atoms with van der Waals surface area (Å²) in [5.41, 5.74) is 5.53. The summed E-state index contributed by atoms with van der Waals surface area (Å²) in [6.45, 7) is 9.05. The van der Waals surface area contributed by atoms with Gasteiger partial charge in [0.15, 0.2) is 5.69 Å². The molecular formula is C26H39N5O5S. The standard InChI is InChI=1S/C26H39N5O5S/c1-5-6-15-31-23(27)22(24(32)28-26(31)34)30(16-12-18(2)3)25(33)20-11-10-19(4)21(17-20)37(35,36)29-13-8-7-9-14-29/h10-11,17-18H,5-9,12-16,27H2,1-4H3,(H,28,32,34). The van der Waals surface area contributed by atoms with Crippen LogP contribution in [0.25, 0.3) is 0 Å². The number of anilines is 2. The number of hydrogen-bond donors (Lipinski definition) is 2. The van der Waals surface area contributed by atoms with Crippen molar-refractivity contribution in [3.05, 3.63) is 50.2 Å². The Morgan fingerprint density at radius 2 is 1.84 bits per heavy atom. The van der Waals surface area contributed by atoms with E-state index in [2.05, 4.69) is 4.98 Å². The Morgan fingerprint density at radius 1 is 1.16 bits per heavy atom. The van der Waals surface area contributed by atoms with Crippen LogP contribution in [0.5, 0.6) is 0 Å². The van der Waals surface area contributed by atoms with Gasteiger partial charge in [0.05, 0.1) is 4.90 Å². The largest absolute Gasteiger partial charge is 0.383 e. The van der Waals surface area contributed by atoms with Crippen LogP contribution in [0.4, 0.5) is 11.5 Å². The molecule has 10 nitrogen and oxygen atoms in total. The molecule has 37 heavy (non-hydrogen) atoms. The molecular weight excluding hydrogens is 494 g/mol. The maximum absolute atomic E-state index is 13.9. The van der Waals surface area contributed by atoms with Gasteiger partial charge in [-0.2, -0.15) is 4.31 Å². The van der Waals surface area contributed by atoms with E-state index in [1.54, 1.807) is 19.1 Å². The molecule has 2 aromatic rings. The molecule has 0 unspecified atom stereocenters. The third-order valence-electron chi connectivity index (χ3n) is 6.76. The number of aromatic nitrogens is 2. The highest BCUT2D eigenvalue weighted by Crippen LogP contribution is 2.27. The summed E-state index contributed by atoms with van der Waals surface area (Å²) in [5, 5.41) is 0. The Bertz CT molecular complexity index is 1340. The lowest BCUT2D eigenvalue weighted by Crippen LogP contribution is -2.42. The maximum Gasteiger partial charge on any atom is 0.330 e. The zero-order chi connectivity index (χ0) is 27.3. The van der Waals surface area contributed by atoms with Crippen molar-refractivity contribution in [3.8, 4) is 0 Å². The van der Waals surface area contributed by atoms with Crippen molar-refractivity contribution < 1.29 is 13.2 Å². The number of nitrogens with two attached hydrogens (primary N) is 1. The molecule has 1 amide bonds. The second-order valence-corrected chi connectivity index (χ2v) is 12.0. The summed E-state index contributed by atoms with van der Waals surface area (Å²) < 4.78 is 29.6. The predicted octanol–water partition coefficient (Wildman–Crippen LogP) is 3.09. The first-order valence-electron chi connectivity index (χ1n) is 13.0. The molecule has 0 bridgehead atoms. The average Bonchev–Trinajstić information content (AvgIpc) is 2.86. The lowest BCUT2D eigenvalue weighted by atomic mass is 10.1. The minimum atomic E-state index is -3.78. The fraction of sp³-hybridized carbons (Fsp3) is 0.577. The van der Waals surface area contributed by atoms with Crippen LogP contribution in [-0.4, -0.2) is 47.8 Å². The van der Waals surface area contributed by atoms with Crippen molar-refractivity contribution in [2.45, 2.75) is 77.7 Å². The van der Waals surface area contributed by atoms with Crippen molar-refractivity contribution >= 4 is 27.4 Å². The molecule has 11 heteroatoms. The van der Waals surface area contributed by atoms with E-state index < -0.39 is 27.2 Å². The summed E-state index contributed by atoms with van der Waals surface area (Å²) >= 11 is 0. The number of unbranched alkanes of at least 4 members (excludes halogenated alkanes) is 1. The van der Waals surface area contributed by atoms with E-state index in [1.165, 1.54) is 19.8 Å². The summed E-state index contributed by atoms with van der Waals surface area (Å²) in [4.78, 5) is 42.9. The second-order valence-electron chi connectivity index (χ2n) is 10.1. The Morgan fingerprint density at radius 3 is 2.46 bits per heavy atom. The molecule has 2 heterocycles. The molecule has 0 aliphatic carbocycles. The van der Waals surface area contributed by atoms with Crippen molar-refractivity contribution in [3.63, 3.8) is 0 Å². The zero-order valence-electron chi connectivity index (χ0n) is 22.2. The van der Waals surface area contributed by atoms with Crippen LogP contribution in [0.1, 0.15) is 75.2 Å². The van der Waals surface area contributed by atoms with E-state index in [0.29, 0.717) is 38.0 Å². The molecule has 3 rings (SSSR count). The van der Waals surface area contributed by atoms with Gasteiger partial charge in [-0.1, -0.05) is 39.7 Å². The van der Waals surface area contributed by atoms with Crippen LogP contribution in [0.15, 0.2) is 32.7 Å². The molecule has 1 aromatic carbocycles. The molecule has 1 aromatic heterocycles. The maximum atomic E-state index is 13.9. The number of sulfonamides is 1. The number of aryl methyl sites for hydroxylation is 1. The number of amides is 1. The number of H-pyrrole nitrogens is 1. The van der Waals surface area contributed by atoms with Crippen molar-refractivity contribution in [2.75, 3.05) is 30.3 Å². The zero-order valence-corrected chi connectivity index (χ0v) is 23.1. The lowest BCUT2D eigenvalue weighted by molar-refractivity contribution is 0.0985. The van der Waals surface area contributed by atoms with Crippen LogP contribution >= 0.6 is 0 Å². The molecule has 0 atom stereocenters. The van der Waals surface area contributed by atoms with Crippen LogP contribution in [0.2, 0.25) is 0 Å².